The fraction of sp³-hybridized carbons (Fsp3) is 0.464. The molecule has 1 atom stereocenters. The van der Waals surface area contributed by atoms with E-state index < -0.39 is 0 Å². The first kappa shape index (κ1) is 23.8. The molecule has 186 valence electrons. The van der Waals surface area contributed by atoms with Crippen LogP contribution >= 0.6 is 0 Å². The third-order valence-electron chi connectivity index (χ3n) is 8.08. The van der Waals surface area contributed by atoms with E-state index in [1.807, 2.05) is 43.1 Å². The second-order valence-corrected chi connectivity index (χ2v) is 9.96. The number of aryl methyl sites for hydroxylation is 1. The normalized spacial score (nSPS) is 19.8. The summed E-state index contributed by atoms with van der Waals surface area (Å²) in [5, 5.41) is 11.6. The van der Waals surface area contributed by atoms with Crippen LogP contribution in [0.5, 0.6) is 5.75 Å². The molecule has 3 aromatic rings. The van der Waals surface area contributed by atoms with E-state index in [4.69, 9.17) is 4.74 Å². The molecule has 0 radical (unpaired) electrons. The number of methoxy groups -OCH3 is 1. The van der Waals surface area contributed by atoms with Crippen LogP contribution in [0.2, 0.25) is 0 Å². The first-order valence-corrected chi connectivity index (χ1v) is 12.4. The summed E-state index contributed by atoms with van der Waals surface area (Å²) in [5.41, 5.74) is 4.30. The van der Waals surface area contributed by atoms with Gasteiger partial charge in [-0.15, -0.1) is 0 Å². The van der Waals surface area contributed by atoms with Crippen molar-refractivity contribution < 1.29 is 19.0 Å². The Morgan fingerprint density at radius 1 is 1.17 bits per heavy atom. The van der Waals surface area contributed by atoms with Crippen molar-refractivity contribution in [1.29, 1.82) is 0 Å². The number of piperidine rings is 1. The van der Waals surface area contributed by atoms with E-state index in [2.05, 4.69) is 15.5 Å². The fourth-order valence-electron chi connectivity index (χ4n) is 6.22. The molecule has 1 N–H and O–H groups in total. The average Bonchev–Trinajstić information content (AvgIpc) is 3.18. The highest BCUT2D eigenvalue weighted by Crippen LogP contribution is 2.50. The van der Waals surface area contributed by atoms with Crippen LogP contribution in [0.1, 0.15) is 49.0 Å². The molecule has 1 saturated heterocycles. The molecule has 1 amide bonds. The lowest BCUT2D eigenvalue weighted by Gasteiger charge is -2.50. The Morgan fingerprint density at radius 2 is 1.89 bits per heavy atom. The Hall–Kier alpha value is -2.90. The number of aliphatic hydroxyl groups is 1. The van der Waals surface area contributed by atoms with Gasteiger partial charge in [-0.1, -0.05) is 19.1 Å². The molecule has 1 spiro atoms. The molecule has 1 aromatic heterocycles. The van der Waals surface area contributed by atoms with E-state index in [9.17, 15) is 14.3 Å². The van der Waals surface area contributed by atoms with Gasteiger partial charge >= 0.3 is 0 Å². The van der Waals surface area contributed by atoms with Crippen molar-refractivity contribution in [2.75, 3.05) is 33.4 Å². The van der Waals surface area contributed by atoms with Gasteiger partial charge in [-0.3, -0.25) is 9.69 Å². The Labute approximate surface area is 205 Å². The van der Waals surface area contributed by atoms with E-state index in [-0.39, 0.29) is 29.8 Å². The summed E-state index contributed by atoms with van der Waals surface area (Å²) < 4.78 is 21.0. The predicted octanol–water partition coefficient (Wildman–Crippen LogP) is 4.15. The smallest absolute Gasteiger partial charge is 0.222 e. The number of aliphatic hydroxyl groups excluding tert-OH is 1. The number of hydrogen-bond acceptors (Lipinski definition) is 4. The van der Waals surface area contributed by atoms with Gasteiger partial charge < -0.3 is 19.3 Å². The summed E-state index contributed by atoms with van der Waals surface area (Å²) in [7, 11) is 3.70. The van der Waals surface area contributed by atoms with Gasteiger partial charge in [-0.25, -0.2) is 4.39 Å². The largest absolute Gasteiger partial charge is 0.497 e. The van der Waals surface area contributed by atoms with Crippen molar-refractivity contribution in [1.82, 2.24) is 14.4 Å². The number of benzene rings is 2. The molecule has 0 aliphatic carbocycles. The number of halogens is 1. The van der Waals surface area contributed by atoms with E-state index >= 15 is 0 Å². The molecule has 1 fully saturated rings. The maximum absolute atomic E-state index is 13.3. The summed E-state index contributed by atoms with van der Waals surface area (Å²) in [5.74, 6) is 0.652. The highest BCUT2D eigenvalue weighted by molar-refractivity contribution is 5.89. The average molecular weight is 480 g/mol. The molecule has 0 saturated carbocycles. The van der Waals surface area contributed by atoms with Crippen molar-refractivity contribution in [3.8, 4) is 5.75 Å². The lowest BCUT2D eigenvalue weighted by atomic mass is 9.68. The second kappa shape index (κ2) is 9.28. The van der Waals surface area contributed by atoms with Gasteiger partial charge in [-0.05, 0) is 61.3 Å². The molecule has 35 heavy (non-hydrogen) atoms. The van der Waals surface area contributed by atoms with E-state index in [0.717, 1.165) is 55.0 Å². The molecule has 0 bridgehead atoms. The van der Waals surface area contributed by atoms with Crippen LogP contribution in [-0.2, 0) is 23.8 Å². The van der Waals surface area contributed by atoms with Crippen LogP contribution in [0.25, 0.3) is 10.9 Å². The van der Waals surface area contributed by atoms with Gasteiger partial charge in [0.05, 0.1) is 25.3 Å². The lowest BCUT2D eigenvalue weighted by Crippen LogP contribution is -2.55. The van der Waals surface area contributed by atoms with Crippen LogP contribution < -0.4 is 4.74 Å². The minimum Gasteiger partial charge on any atom is -0.497 e. The number of carbonyl (C=O) groups is 1. The van der Waals surface area contributed by atoms with E-state index in [1.54, 1.807) is 7.11 Å². The first-order valence-electron chi connectivity index (χ1n) is 12.4. The Kier molecular flexibility index (Phi) is 6.32. The number of carbonyl (C=O) groups excluding carboxylic acids is 1. The summed E-state index contributed by atoms with van der Waals surface area (Å²) in [4.78, 5) is 17.4. The highest BCUT2D eigenvalue weighted by atomic mass is 19.1. The third kappa shape index (κ3) is 4.00. The number of rotatable bonds is 5. The molecular weight excluding hydrogens is 445 g/mol. The van der Waals surface area contributed by atoms with E-state index in [0.29, 0.717) is 13.0 Å². The van der Waals surface area contributed by atoms with Crippen LogP contribution in [0.4, 0.5) is 4.39 Å². The summed E-state index contributed by atoms with van der Waals surface area (Å²) in [6.07, 6.45) is 2.24. The minimum absolute atomic E-state index is 0.0747. The summed E-state index contributed by atoms with van der Waals surface area (Å²) >= 11 is 0. The minimum atomic E-state index is -0.358. The quantitative estimate of drug-likeness (QED) is 0.598. The van der Waals surface area contributed by atoms with Crippen LogP contribution in [0.3, 0.4) is 0 Å². The maximum atomic E-state index is 13.3. The van der Waals surface area contributed by atoms with Crippen molar-refractivity contribution in [3.63, 3.8) is 0 Å². The van der Waals surface area contributed by atoms with Crippen LogP contribution in [-0.4, -0.2) is 58.7 Å². The van der Waals surface area contributed by atoms with Gasteiger partial charge in [0.15, 0.2) is 0 Å². The number of nitrogens with zero attached hydrogens (tertiary/aromatic N) is 3. The number of ether oxygens (including phenoxy) is 1. The van der Waals surface area contributed by atoms with Crippen molar-refractivity contribution in [2.45, 2.75) is 44.2 Å². The zero-order valence-electron chi connectivity index (χ0n) is 20.8. The zero-order chi connectivity index (χ0) is 24.7. The molecule has 6 nitrogen and oxygen atoms in total. The van der Waals surface area contributed by atoms with E-state index in [1.165, 1.54) is 23.1 Å². The van der Waals surface area contributed by atoms with Gasteiger partial charge in [-0.2, -0.15) is 0 Å². The Morgan fingerprint density at radius 3 is 2.51 bits per heavy atom. The summed E-state index contributed by atoms with van der Waals surface area (Å²) in [6, 6.07) is 12.6. The zero-order valence-corrected chi connectivity index (χ0v) is 20.8. The highest BCUT2D eigenvalue weighted by Gasteiger charge is 2.49. The van der Waals surface area contributed by atoms with Crippen molar-refractivity contribution >= 4 is 16.8 Å². The van der Waals surface area contributed by atoms with Crippen molar-refractivity contribution in [3.05, 3.63) is 65.1 Å². The Bertz CT molecular complexity index is 1230. The number of amides is 1. The number of likely N-dealkylation sites (tertiary alicyclic amines) is 1. The van der Waals surface area contributed by atoms with Gasteiger partial charge in [0.2, 0.25) is 5.91 Å². The molecular formula is C28H34FN3O3. The Balaban J connectivity index is 1.55. The first-order chi connectivity index (χ1) is 16.9. The SMILES string of the molecule is CCC(=O)N1CC2(CCN(Cc3ccc(F)cc3)CC2)c2c(n(C)c3cc(OC)ccc23)[C@@H]1CO. The lowest BCUT2D eigenvalue weighted by molar-refractivity contribution is -0.137. The third-order valence-corrected chi connectivity index (χ3v) is 8.08. The van der Waals surface area contributed by atoms with Crippen LogP contribution in [0, 0.1) is 5.82 Å². The number of aromatic nitrogens is 1. The molecule has 7 heteroatoms. The maximum Gasteiger partial charge on any atom is 0.222 e. The summed E-state index contributed by atoms with van der Waals surface area (Å²) in [6.45, 7) is 4.96. The fourth-order valence-corrected chi connectivity index (χ4v) is 6.22. The molecule has 0 unspecified atom stereocenters. The standard InChI is InChI=1S/C28H34FN3O3/c1-4-25(34)32-18-28(11-13-31(14-12-28)16-19-5-7-20(29)8-6-19)26-22-10-9-21(35-3)15-23(22)30(2)27(26)24(32)17-33/h5-10,15,24,33H,4,11-14,16-18H2,1-3H3/t24-/m0/s1. The molecule has 2 aliphatic rings. The van der Waals surface area contributed by atoms with Gasteiger partial charge in [0, 0.05) is 49.1 Å². The van der Waals surface area contributed by atoms with Gasteiger partial charge in [0.1, 0.15) is 11.6 Å². The molecule has 3 heterocycles. The molecule has 2 aromatic carbocycles. The van der Waals surface area contributed by atoms with Crippen LogP contribution in [0.15, 0.2) is 42.5 Å². The molecule has 5 rings (SSSR count). The second-order valence-electron chi connectivity index (χ2n) is 9.96. The number of hydrogen-bond donors (Lipinski definition) is 1. The molecule has 2 aliphatic heterocycles. The van der Waals surface area contributed by atoms with Crippen molar-refractivity contribution in [2.24, 2.45) is 7.05 Å². The van der Waals surface area contributed by atoms with Gasteiger partial charge in [0.25, 0.3) is 0 Å². The number of fused-ring (bicyclic) bond motifs is 4. The monoisotopic (exact) mass is 479 g/mol. The topological polar surface area (TPSA) is 57.9 Å². The predicted molar refractivity (Wildman–Crippen MR) is 134 cm³/mol.